The van der Waals surface area contributed by atoms with Crippen molar-refractivity contribution in [2.24, 2.45) is 5.16 Å². The summed E-state index contributed by atoms with van der Waals surface area (Å²) < 4.78 is 19.7. The number of oxime groups is 1. The molecule has 0 saturated carbocycles. The molecule has 10 nitrogen and oxygen atoms in total. The normalized spacial score (nSPS) is 18.2. The van der Waals surface area contributed by atoms with Crippen LogP contribution >= 0.6 is 63.7 Å². The first-order valence-corrected chi connectivity index (χ1v) is 22.5. The van der Waals surface area contributed by atoms with E-state index in [1.165, 1.54) is 90.4 Å². The van der Waals surface area contributed by atoms with Crippen LogP contribution in [0.5, 0.6) is 5.75 Å². The summed E-state index contributed by atoms with van der Waals surface area (Å²) in [6.07, 6.45) is 24.0. The highest BCUT2D eigenvalue weighted by molar-refractivity contribution is 9.12. The third-order valence-corrected chi connectivity index (χ3v) is 11.6. The number of halogens is 4. The minimum Gasteiger partial charge on any atom is -0.495 e. The van der Waals surface area contributed by atoms with Crippen LogP contribution in [0.1, 0.15) is 122 Å². The van der Waals surface area contributed by atoms with Crippen molar-refractivity contribution >= 4 is 81.2 Å². The van der Waals surface area contributed by atoms with E-state index in [1.54, 1.807) is 0 Å². The van der Waals surface area contributed by atoms with E-state index in [0.717, 1.165) is 27.4 Å². The van der Waals surface area contributed by atoms with Gasteiger partial charge >= 0.3 is 5.79 Å². The van der Waals surface area contributed by atoms with E-state index in [4.69, 9.17) is 19.0 Å². The number of ether oxygens (including phenoxy) is 3. The number of hydrogen-bond donors (Lipinski definition) is 3. The summed E-state index contributed by atoms with van der Waals surface area (Å²) in [5, 5.41) is 20.6. The van der Waals surface area contributed by atoms with E-state index in [9.17, 15) is 14.7 Å². The lowest BCUT2D eigenvalue weighted by atomic mass is 10.0. The number of allylic oxidation sites excluding steroid dienone is 3. The summed E-state index contributed by atoms with van der Waals surface area (Å²) in [6, 6.07) is 3.98. The molecule has 0 bridgehead atoms. The number of aliphatic hydroxyl groups excluding tert-OH is 1. The second kappa shape index (κ2) is 26.1. The minimum atomic E-state index is -1.60. The highest BCUT2D eigenvalue weighted by atomic mass is 79.9. The van der Waals surface area contributed by atoms with Gasteiger partial charge in [-0.1, -0.05) is 97.9 Å². The number of methoxy groups -OCH3 is 1. The second-order valence-corrected chi connectivity index (χ2v) is 17.1. The van der Waals surface area contributed by atoms with Gasteiger partial charge < -0.3 is 34.8 Å². The van der Waals surface area contributed by atoms with Crippen LogP contribution in [0.4, 0.5) is 0 Å². The number of rotatable bonds is 26. The van der Waals surface area contributed by atoms with Crippen molar-refractivity contribution in [1.82, 2.24) is 10.6 Å². The summed E-state index contributed by atoms with van der Waals surface area (Å²) >= 11 is 14.0. The van der Waals surface area contributed by atoms with Crippen LogP contribution in [-0.4, -0.2) is 61.3 Å². The van der Waals surface area contributed by atoms with Crippen LogP contribution in [-0.2, 0) is 30.3 Å². The predicted octanol–water partition coefficient (Wildman–Crippen LogP) is 10.5. The zero-order chi connectivity index (χ0) is 39.2. The van der Waals surface area contributed by atoms with Crippen molar-refractivity contribution in [3.05, 3.63) is 59.8 Å². The fourth-order valence-electron chi connectivity index (χ4n) is 6.10. The van der Waals surface area contributed by atoms with Crippen molar-refractivity contribution in [2.45, 2.75) is 134 Å². The van der Waals surface area contributed by atoms with Crippen molar-refractivity contribution in [1.29, 1.82) is 0 Å². The second-order valence-electron chi connectivity index (χ2n) is 13.6. The maximum atomic E-state index is 12.8. The SMILES string of the molecule is CCCCC/C=C\CCCCCCCCCCCC(=O)NCCc1cc(Br)c(OCCCNC(=O)C2=NO[C@@]3(CC(Br)=C(OC)C(Br)=CO3)[C@H]2O)c(Br)c1. The van der Waals surface area contributed by atoms with Crippen LogP contribution in [0.15, 0.2) is 59.4 Å². The highest BCUT2D eigenvalue weighted by Gasteiger charge is 2.54. The molecule has 1 spiro atoms. The number of nitrogens with zero attached hydrogens (tertiary/aromatic N) is 1. The fourth-order valence-corrected chi connectivity index (χ4v) is 9.13. The number of carbonyl (C=O) groups is 2. The first-order valence-electron chi connectivity index (χ1n) is 19.3. The molecular formula is C40H57Br4N3O7. The lowest BCUT2D eigenvalue weighted by Crippen LogP contribution is -2.49. The molecule has 2 amide bonds. The Bertz CT molecular complexity index is 1450. The topological polar surface area (TPSA) is 128 Å². The minimum absolute atomic E-state index is 0.0623. The molecule has 0 aromatic heterocycles. The third kappa shape index (κ3) is 15.9. The average molecular weight is 1010 g/mol. The maximum Gasteiger partial charge on any atom is 0.311 e. The monoisotopic (exact) mass is 1010 g/mol. The predicted molar refractivity (Wildman–Crippen MR) is 229 cm³/mol. The van der Waals surface area contributed by atoms with Gasteiger partial charge in [0.15, 0.2) is 11.8 Å². The Morgan fingerprint density at radius 1 is 0.907 bits per heavy atom. The summed E-state index contributed by atoms with van der Waals surface area (Å²) in [4.78, 5) is 30.6. The molecule has 2 atom stereocenters. The van der Waals surface area contributed by atoms with Gasteiger partial charge in [-0.05, 0) is 110 Å². The van der Waals surface area contributed by atoms with Crippen molar-refractivity contribution < 1.29 is 33.7 Å². The molecule has 2 aliphatic heterocycles. The zero-order valence-corrected chi connectivity index (χ0v) is 38.0. The Labute approximate surface area is 355 Å². The van der Waals surface area contributed by atoms with Gasteiger partial charge in [-0.2, -0.15) is 0 Å². The van der Waals surface area contributed by atoms with E-state index >= 15 is 0 Å². The standard InChI is InChI=1S/C40H57Br4N3O7/c1-3-4-5-6-7-8-9-10-11-12-13-14-15-16-17-18-20-34(48)45-23-21-29-25-30(41)37(31(42)26-29)52-24-19-22-46-39(50)35-38(49)40(54-47-35)27-32(43)36(51-2)33(44)28-53-40/h7-8,25-26,28,38,49H,3-6,9-24,27H2,1-2H3,(H,45,48)(H,46,50)/b8-7-/t38-,40-/m0/s1. The Hall–Kier alpha value is -1.87. The molecule has 0 radical (unpaired) electrons. The first kappa shape index (κ1) is 46.5. The number of aliphatic hydroxyl groups is 1. The smallest absolute Gasteiger partial charge is 0.311 e. The van der Waals surface area contributed by atoms with Crippen LogP contribution in [0, 0.1) is 0 Å². The van der Waals surface area contributed by atoms with Gasteiger partial charge in [0.05, 0.1) is 33.6 Å². The van der Waals surface area contributed by atoms with Gasteiger partial charge in [0, 0.05) is 24.0 Å². The maximum absolute atomic E-state index is 12.8. The van der Waals surface area contributed by atoms with E-state index in [-0.39, 0.29) is 24.6 Å². The zero-order valence-electron chi connectivity index (χ0n) is 31.7. The van der Waals surface area contributed by atoms with Gasteiger partial charge in [0.1, 0.15) is 17.8 Å². The van der Waals surface area contributed by atoms with Crippen LogP contribution in [0.25, 0.3) is 0 Å². The molecule has 0 unspecified atom stereocenters. The van der Waals surface area contributed by atoms with Gasteiger partial charge in [-0.3, -0.25) is 9.59 Å². The number of benzene rings is 1. The summed E-state index contributed by atoms with van der Waals surface area (Å²) in [6.45, 7) is 3.44. The van der Waals surface area contributed by atoms with Gasteiger partial charge in [-0.25, -0.2) is 0 Å². The molecule has 302 valence electrons. The molecule has 14 heteroatoms. The Kier molecular flexibility index (Phi) is 22.5. The number of carbonyl (C=O) groups excluding carboxylic acids is 2. The molecular weight excluding hydrogens is 954 g/mol. The Morgan fingerprint density at radius 3 is 2.19 bits per heavy atom. The highest BCUT2D eigenvalue weighted by Crippen LogP contribution is 2.41. The fraction of sp³-hybridized carbons (Fsp3) is 0.625. The molecule has 2 heterocycles. The molecule has 0 saturated heterocycles. The molecule has 0 fully saturated rings. The van der Waals surface area contributed by atoms with Crippen LogP contribution < -0.4 is 15.4 Å². The van der Waals surface area contributed by atoms with Crippen molar-refractivity contribution in [2.75, 3.05) is 26.8 Å². The van der Waals surface area contributed by atoms with Crippen LogP contribution in [0.2, 0.25) is 0 Å². The lowest BCUT2D eigenvalue weighted by Gasteiger charge is -2.27. The molecule has 0 aliphatic carbocycles. The lowest BCUT2D eigenvalue weighted by molar-refractivity contribution is -0.225. The molecule has 3 rings (SSSR count). The quantitative estimate of drug-likeness (QED) is 0.0623. The Balaban J connectivity index is 1.23. The van der Waals surface area contributed by atoms with Crippen molar-refractivity contribution in [3.63, 3.8) is 0 Å². The van der Waals surface area contributed by atoms with E-state index < -0.39 is 17.8 Å². The van der Waals surface area contributed by atoms with Gasteiger partial charge in [0.25, 0.3) is 5.91 Å². The number of unbranched alkanes of at least 4 members (excludes halogenated alkanes) is 12. The van der Waals surface area contributed by atoms with E-state index in [0.29, 0.717) is 52.9 Å². The summed E-state index contributed by atoms with van der Waals surface area (Å²) in [5.41, 5.74) is 0.877. The molecule has 1 aromatic rings. The van der Waals surface area contributed by atoms with E-state index in [1.807, 2.05) is 12.1 Å². The Morgan fingerprint density at radius 2 is 1.54 bits per heavy atom. The summed E-state index contributed by atoms with van der Waals surface area (Å²) in [7, 11) is 1.51. The van der Waals surface area contributed by atoms with Crippen molar-refractivity contribution in [3.8, 4) is 5.75 Å². The molecule has 3 N–H and O–H groups in total. The van der Waals surface area contributed by atoms with Crippen LogP contribution in [0.3, 0.4) is 0 Å². The van der Waals surface area contributed by atoms with E-state index in [2.05, 4.69) is 98.6 Å². The number of nitrogens with one attached hydrogen (secondary N) is 2. The first-order chi connectivity index (χ1) is 26.1. The van der Waals surface area contributed by atoms with Gasteiger partial charge in [-0.15, -0.1) is 0 Å². The largest absolute Gasteiger partial charge is 0.495 e. The number of hydrogen-bond acceptors (Lipinski definition) is 8. The molecule has 54 heavy (non-hydrogen) atoms. The molecule has 1 aromatic carbocycles. The van der Waals surface area contributed by atoms with Gasteiger partial charge in [0.2, 0.25) is 5.91 Å². The average Bonchev–Trinajstić information content (AvgIpc) is 3.39. The number of amides is 2. The molecule has 2 aliphatic rings. The summed E-state index contributed by atoms with van der Waals surface area (Å²) in [5.74, 6) is -0.930. The third-order valence-electron chi connectivity index (χ3n) is 9.20.